The standard InChI is InChI=1S/C10H10O5/c1-14-9-7(5-12)3-6(4-11)8(13)10(9)15-2/h3-5,13H,1-2H3. The average molecular weight is 210 g/mol. The fraction of sp³-hybridized carbons (Fsp3) is 0.200. The van der Waals surface area contributed by atoms with E-state index in [4.69, 9.17) is 9.47 Å². The fourth-order valence-corrected chi connectivity index (χ4v) is 1.25. The number of aromatic hydroxyl groups is 1. The van der Waals surface area contributed by atoms with Crippen LogP contribution in [0.25, 0.3) is 0 Å². The number of methoxy groups -OCH3 is 2. The maximum absolute atomic E-state index is 10.7. The molecule has 0 aliphatic heterocycles. The van der Waals surface area contributed by atoms with Gasteiger partial charge in [-0.05, 0) is 6.07 Å². The van der Waals surface area contributed by atoms with Gasteiger partial charge in [-0.3, -0.25) is 9.59 Å². The Bertz CT molecular complexity index is 397. The van der Waals surface area contributed by atoms with Crippen molar-refractivity contribution in [1.29, 1.82) is 0 Å². The summed E-state index contributed by atoms with van der Waals surface area (Å²) >= 11 is 0. The first kappa shape index (κ1) is 11.0. The summed E-state index contributed by atoms with van der Waals surface area (Å²) in [5, 5.41) is 9.57. The Balaban J connectivity index is 3.56. The lowest BCUT2D eigenvalue weighted by atomic mass is 10.1. The lowest BCUT2D eigenvalue weighted by Gasteiger charge is -2.12. The lowest BCUT2D eigenvalue weighted by molar-refractivity contribution is 0.111. The minimum absolute atomic E-state index is 0.0187. The highest BCUT2D eigenvalue weighted by Gasteiger charge is 2.18. The summed E-state index contributed by atoms with van der Waals surface area (Å²) in [6.07, 6.45) is 0.956. The SMILES string of the molecule is COc1c(C=O)cc(C=O)c(O)c1OC. The molecule has 0 aliphatic carbocycles. The molecule has 1 aromatic carbocycles. The zero-order chi connectivity index (χ0) is 11.4. The number of hydrogen-bond donors (Lipinski definition) is 1. The molecule has 0 aliphatic rings. The molecule has 80 valence electrons. The molecule has 0 heterocycles. The van der Waals surface area contributed by atoms with Gasteiger partial charge in [-0.1, -0.05) is 0 Å². The van der Waals surface area contributed by atoms with E-state index in [1.807, 2.05) is 0 Å². The summed E-state index contributed by atoms with van der Waals surface area (Å²) < 4.78 is 9.77. The molecule has 0 spiro atoms. The van der Waals surface area contributed by atoms with Crippen LogP contribution in [-0.4, -0.2) is 31.9 Å². The Hall–Kier alpha value is -2.04. The predicted molar refractivity (Wildman–Crippen MR) is 52.0 cm³/mol. The first-order valence-electron chi connectivity index (χ1n) is 4.07. The summed E-state index contributed by atoms with van der Waals surface area (Å²) in [7, 11) is 2.64. The van der Waals surface area contributed by atoms with E-state index in [-0.39, 0.29) is 28.4 Å². The van der Waals surface area contributed by atoms with Crippen molar-refractivity contribution in [2.75, 3.05) is 14.2 Å². The number of carbonyl (C=O) groups is 2. The van der Waals surface area contributed by atoms with E-state index < -0.39 is 0 Å². The topological polar surface area (TPSA) is 72.8 Å². The van der Waals surface area contributed by atoms with Crippen LogP contribution in [0.2, 0.25) is 0 Å². The zero-order valence-electron chi connectivity index (χ0n) is 8.31. The van der Waals surface area contributed by atoms with Crippen LogP contribution in [0.4, 0.5) is 0 Å². The number of hydrogen-bond acceptors (Lipinski definition) is 5. The Morgan fingerprint density at radius 1 is 1.07 bits per heavy atom. The molecule has 0 atom stereocenters. The van der Waals surface area contributed by atoms with Crippen molar-refractivity contribution in [3.63, 3.8) is 0 Å². The second-order valence-corrected chi connectivity index (χ2v) is 2.71. The molecule has 0 amide bonds. The molecule has 5 heteroatoms. The Morgan fingerprint density at radius 2 is 1.60 bits per heavy atom. The summed E-state index contributed by atoms with van der Waals surface area (Å²) in [5.74, 6) is -0.255. The van der Waals surface area contributed by atoms with E-state index in [0.29, 0.717) is 12.6 Å². The molecule has 0 unspecified atom stereocenters. The minimum Gasteiger partial charge on any atom is -0.504 e. The molecule has 0 fully saturated rings. The predicted octanol–water partition coefficient (Wildman–Crippen LogP) is 1.03. The average Bonchev–Trinajstić information content (AvgIpc) is 2.28. The molecule has 1 N–H and O–H groups in total. The molecule has 1 aromatic rings. The maximum Gasteiger partial charge on any atom is 0.204 e. The summed E-state index contributed by atoms with van der Waals surface area (Å²) in [6.45, 7) is 0. The van der Waals surface area contributed by atoms with E-state index in [1.54, 1.807) is 0 Å². The van der Waals surface area contributed by atoms with Crippen LogP contribution in [0.5, 0.6) is 17.2 Å². The maximum atomic E-state index is 10.7. The monoisotopic (exact) mass is 210 g/mol. The van der Waals surface area contributed by atoms with Gasteiger partial charge >= 0.3 is 0 Å². The number of ether oxygens (including phenoxy) is 2. The van der Waals surface area contributed by atoms with Crippen molar-refractivity contribution in [2.24, 2.45) is 0 Å². The molecule has 0 saturated heterocycles. The highest BCUT2D eigenvalue weighted by Crippen LogP contribution is 2.40. The van der Waals surface area contributed by atoms with Crippen LogP contribution >= 0.6 is 0 Å². The van der Waals surface area contributed by atoms with Crippen molar-refractivity contribution >= 4 is 12.6 Å². The number of benzene rings is 1. The van der Waals surface area contributed by atoms with Crippen molar-refractivity contribution < 1.29 is 24.2 Å². The largest absolute Gasteiger partial charge is 0.504 e. The van der Waals surface area contributed by atoms with Gasteiger partial charge in [-0.25, -0.2) is 0 Å². The molecule has 5 nitrogen and oxygen atoms in total. The third kappa shape index (κ3) is 1.76. The van der Waals surface area contributed by atoms with Gasteiger partial charge in [0.15, 0.2) is 24.1 Å². The van der Waals surface area contributed by atoms with Crippen molar-refractivity contribution in [3.05, 3.63) is 17.2 Å². The summed E-state index contributed by atoms with van der Waals surface area (Å²) in [5.41, 5.74) is 0.129. The van der Waals surface area contributed by atoms with Gasteiger partial charge in [-0.2, -0.15) is 0 Å². The third-order valence-corrected chi connectivity index (χ3v) is 1.93. The van der Waals surface area contributed by atoms with Crippen LogP contribution in [0.3, 0.4) is 0 Å². The van der Waals surface area contributed by atoms with E-state index in [9.17, 15) is 14.7 Å². The Kier molecular flexibility index (Phi) is 3.28. The van der Waals surface area contributed by atoms with E-state index >= 15 is 0 Å². The quantitative estimate of drug-likeness (QED) is 0.751. The van der Waals surface area contributed by atoms with E-state index in [2.05, 4.69) is 0 Å². The minimum atomic E-state index is -0.338. The molecular weight excluding hydrogens is 200 g/mol. The Labute approximate surface area is 86.2 Å². The van der Waals surface area contributed by atoms with Gasteiger partial charge in [0.2, 0.25) is 5.75 Å². The number of rotatable bonds is 4. The summed E-state index contributed by atoms with van der Waals surface area (Å²) in [4.78, 5) is 21.3. The van der Waals surface area contributed by atoms with Crippen LogP contribution in [0.15, 0.2) is 6.07 Å². The fourth-order valence-electron chi connectivity index (χ4n) is 1.25. The van der Waals surface area contributed by atoms with Crippen LogP contribution in [0.1, 0.15) is 20.7 Å². The van der Waals surface area contributed by atoms with Gasteiger partial charge in [0.1, 0.15) is 0 Å². The molecule has 15 heavy (non-hydrogen) atoms. The second-order valence-electron chi connectivity index (χ2n) is 2.71. The zero-order valence-corrected chi connectivity index (χ0v) is 8.31. The Morgan fingerprint density at radius 3 is 2.00 bits per heavy atom. The highest BCUT2D eigenvalue weighted by atomic mass is 16.5. The van der Waals surface area contributed by atoms with Crippen molar-refractivity contribution in [3.8, 4) is 17.2 Å². The first-order valence-corrected chi connectivity index (χ1v) is 4.07. The number of phenolic OH excluding ortho intramolecular Hbond substituents is 1. The normalized spacial score (nSPS) is 9.47. The van der Waals surface area contributed by atoms with Gasteiger partial charge in [0, 0.05) is 0 Å². The number of carbonyl (C=O) groups excluding carboxylic acids is 2. The highest BCUT2D eigenvalue weighted by molar-refractivity contribution is 5.90. The molecule has 0 saturated carbocycles. The smallest absolute Gasteiger partial charge is 0.204 e. The number of phenols is 1. The van der Waals surface area contributed by atoms with Gasteiger partial charge in [0.25, 0.3) is 0 Å². The molecular formula is C10H10O5. The van der Waals surface area contributed by atoms with Crippen LogP contribution in [0, 0.1) is 0 Å². The van der Waals surface area contributed by atoms with Crippen LogP contribution < -0.4 is 9.47 Å². The molecule has 0 radical (unpaired) electrons. The van der Waals surface area contributed by atoms with Gasteiger partial charge in [0.05, 0.1) is 25.3 Å². The second kappa shape index (κ2) is 4.45. The van der Waals surface area contributed by atoms with E-state index in [1.165, 1.54) is 20.3 Å². The van der Waals surface area contributed by atoms with Gasteiger partial charge < -0.3 is 14.6 Å². The van der Waals surface area contributed by atoms with Crippen molar-refractivity contribution in [1.82, 2.24) is 0 Å². The van der Waals surface area contributed by atoms with Gasteiger partial charge in [-0.15, -0.1) is 0 Å². The number of aldehydes is 2. The van der Waals surface area contributed by atoms with Crippen molar-refractivity contribution in [2.45, 2.75) is 0 Å². The van der Waals surface area contributed by atoms with E-state index in [0.717, 1.165) is 0 Å². The molecule has 1 rings (SSSR count). The summed E-state index contributed by atoms with van der Waals surface area (Å²) in [6, 6.07) is 1.23. The molecule has 0 bridgehead atoms. The third-order valence-electron chi connectivity index (χ3n) is 1.93. The van der Waals surface area contributed by atoms with Crippen LogP contribution in [-0.2, 0) is 0 Å². The lowest BCUT2D eigenvalue weighted by Crippen LogP contribution is -1.98. The molecule has 0 aromatic heterocycles. The first-order chi connectivity index (χ1) is 7.19.